The molecule has 13 nitrogen and oxygen atoms in total. The Morgan fingerprint density at radius 2 is 1.88 bits per heavy atom. The maximum absolute atomic E-state index is 14.2. The van der Waals surface area contributed by atoms with Gasteiger partial charge >= 0.3 is 6.09 Å². The van der Waals surface area contributed by atoms with Gasteiger partial charge in [-0.15, -0.1) is 6.58 Å². The molecule has 2 saturated carbocycles. The molecule has 2 heterocycles. The molecule has 3 fully saturated rings. The van der Waals surface area contributed by atoms with Gasteiger partial charge < -0.3 is 20.3 Å². The Bertz CT molecular complexity index is 1510. The molecule has 230 valence electrons. The SMILES string of the molecule is C=CC(=O)NCC(=O)N1CC(OC(=O)N2Cc3cccc(F)c3C2)CC1C(=O)NC1(C(=O)NS(=O)(=O)C2CC2)CC1C=C. The molecule has 1 saturated heterocycles. The van der Waals surface area contributed by atoms with Crippen LogP contribution in [-0.4, -0.2) is 84.0 Å². The Labute approximate surface area is 247 Å². The molecule has 4 atom stereocenters. The first-order chi connectivity index (χ1) is 20.4. The van der Waals surface area contributed by atoms with Gasteiger partial charge in [0.2, 0.25) is 27.7 Å². The first-order valence-electron chi connectivity index (χ1n) is 13.8. The number of rotatable bonds is 10. The number of sulfonamides is 1. The van der Waals surface area contributed by atoms with Crippen LogP contribution in [0.3, 0.4) is 0 Å². The second kappa shape index (κ2) is 11.4. The van der Waals surface area contributed by atoms with Crippen LogP contribution in [0.1, 0.15) is 36.8 Å². The molecule has 1 aromatic carbocycles. The van der Waals surface area contributed by atoms with Crippen molar-refractivity contribution >= 4 is 39.7 Å². The van der Waals surface area contributed by atoms with Crippen molar-refractivity contribution in [3.8, 4) is 0 Å². The van der Waals surface area contributed by atoms with Crippen LogP contribution >= 0.6 is 0 Å². The fraction of sp³-hybridized carbons (Fsp3) is 0.464. The Hall–Kier alpha value is -4.27. The minimum Gasteiger partial charge on any atom is -0.444 e. The zero-order valence-corrected chi connectivity index (χ0v) is 24.0. The average molecular weight is 618 g/mol. The van der Waals surface area contributed by atoms with Crippen LogP contribution in [-0.2, 0) is 47.0 Å². The van der Waals surface area contributed by atoms with Crippen LogP contribution in [0.4, 0.5) is 9.18 Å². The predicted octanol–water partition coefficient (Wildman–Crippen LogP) is 0.219. The number of nitrogens with zero attached hydrogens (tertiary/aromatic N) is 2. The van der Waals surface area contributed by atoms with Gasteiger partial charge in [0.1, 0.15) is 23.5 Å². The second-order valence-corrected chi connectivity index (χ2v) is 13.1. The maximum Gasteiger partial charge on any atom is 0.410 e. The summed E-state index contributed by atoms with van der Waals surface area (Å²) in [6.07, 6.45) is 1.56. The highest BCUT2D eigenvalue weighted by molar-refractivity contribution is 7.91. The lowest BCUT2D eigenvalue weighted by Crippen LogP contribution is -2.57. The molecule has 2 aliphatic heterocycles. The normalized spacial score (nSPS) is 25.7. The quantitative estimate of drug-likeness (QED) is 0.247. The van der Waals surface area contributed by atoms with E-state index in [1.54, 1.807) is 12.1 Å². The fourth-order valence-electron chi connectivity index (χ4n) is 5.49. The van der Waals surface area contributed by atoms with Crippen molar-refractivity contribution in [2.75, 3.05) is 13.1 Å². The molecule has 2 aliphatic carbocycles. The van der Waals surface area contributed by atoms with Crippen molar-refractivity contribution in [3.63, 3.8) is 0 Å². The molecule has 43 heavy (non-hydrogen) atoms. The van der Waals surface area contributed by atoms with E-state index in [9.17, 15) is 36.8 Å². The third-order valence-electron chi connectivity index (χ3n) is 8.19. The van der Waals surface area contributed by atoms with Gasteiger partial charge in [-0.1, -0.05) is 24.8 Å². The zero-order chi connectivity index (χ0) is 31.1. The lowest BCUT2D eigenvalue weighted by atomic mass is 10.1. The van der Waals surface area contributed by atoms with E-state index in [-0.39, 0.29) is 32.5 Å². The summed E-state index contributed by atoms with van der Waals surface area (Å²) in [4.78, 5) is 66.8. The van der Waals surface area contributed by atoms with Crippen molar-refractivity contribution in [2.24, 2.45) is 5.92 Å². The van der Waals surface area contributed by atoms with Gasteiger partial charge in [-0.05, 0) is 37.0 Å². The monoisotopic (exact) mass is 617 g/mol. The molecule has 0 radical (unpaired) electrons. The first kappa shape index (κ1) is 30.2. The molecule has 4 unspecified atom stereocenters. The standard InChI is InChI=1S/C28H32FN5O8S/c1-3-17-11-28(17,26(38)32-43(40,41)19-8-9-19)31-25(37)22-10-18(14-34(22)24(36)12-30-23(35)4-2)42-27(39)33-13-16-6-5-7-21(29)20(16)15-33/h3-7,17-19,22H,1-2,8-15H2,(H,30,35)(H,31,37)(H,32,38). The minimum atomic E-state index is -3.89. The summed E-state index contributed by atoms with van der Waals surface area (Å²) in [6, 6.07) is 3.34. The van der Waals surface area contributed by atoms with Gasteiger partial charge in [0.15, 0.2) is 0 Å². The van der Waals surface area contributed by atoms with E-state index >= 15 is 0 Å². The summed E-state index contributed by atoms with van der Waals surface area (Å²) in [5.74, 6) is -3.91. The first-order valence-corrected chi connectivity index (χ1v) is 15.4. The van der Waals surface area contributed by atoms with Crippen LogP contribution in [0.5, 0.6) is 0 Å². The fourth-order valence-corrected chi connectivity index (χ4v) is 6.85. The molecule has 0 aromatic heterocycles. The molecule has 0 spiro atoms. The second-order valence-electron chi connectivity index (χ2n) is 11.1. The molecule has 1 aromatic rings. The number of hydrogen-bond acceptors (Lipinski definition) is 8. The van der Waals surface area contributed by atoms with Crippen LogP contribution in [0, 0.1) is 11.7 Å². The van der Waals surface area contributed by atoms with Gasteiger partial charge in [-0.25, -0.2) is 17.6 Å². The lowest BCUT2D eigenvalue weighted by molar-refractivity contribution is -0.139. The number of carbonyl (C=O) groups excluding carboxylic acids is 5. The Morgan fingerprint density at radius 3 is 2.51 bits per heavy atom. The number of carbonyl (C=O) groups is 5. The summed E-state index contributed by atoms with van der Waals surface area (Å²) in [5, 5.41) is 4.31. The van der Waals surface area contributed by atoms with Gasteiger partial charge in [0.25, 0.3) is 5.91 Å². The molecule has 5 rings (SSSR count). The summed E-state index contributed by atoms with van der Waals surface area (Å²) in [6.45, 7) is 6.45. The van der Waals surface area contributed by atoms with E-state index < -0.39 is 81.0 Å². The predicted molar refractivity (Wildman–Crippen MR) is 149 cm³/mol. The van der Waals surface area contributed by atoms with E-state index in [2.05, 4.69) is 28.5 Å². The number of likely N-dealkylation sites (tertiary alicyclic amines) is 1. The summed E-state index contributed by atoms with van der Waals surface area (Å²) < 4.78 is 46.7. The van der Waals surface area contributed by atoms with E-state index in [1.165, 1.54) is 17.0 Å². The minimum absolute atomic E-state index is 0.00194. The number of halogens is 1. The largest absolute Gasteiger partial charge is 0.444 e. The number of nitrogens with one attached hydrogen (secondary N) is 3. The van der Waals surface area contributed by atoms with Crippen molar-refractivity contribution in [3.05, 3.63) is 60.5 Å². The molecule has 4 aliphatic rings. The third kappa shape index (κ3) is 6.12. The van der Waals surface area contributed by atoms with E-state index in [1.807, 2.05) is 0 Å². The number of benzene rings is 1. The smallest absolute Gasteiger partial charge is 0.410 e. The number of hydrogen-bond donors (Lipinski definition) is 3. The van der Waals surface area contributed by atoms with Crippen molar-refractivity contribution in [2.45, 2.75) is 61.7 Å². The molecule has 0 bridgehead atoms. The summed E-state index contributed by atoms with van der Waals surface area (Å²) in [5.41, 5.74) is -0.553. The van der Waals surface area contributed by atoms with E-state index in [0.29, 0.717) is 24.0 Å². The van der Waals surface area contributed by atoms with Crippen LogP contribution < -0.4 is 15.4 Å². The van der Waals surface area contributed by atoms with Crippen molar-refractivity contribution < 1.29 is 41.5 Å². The average Bonchev–Trinajstić information content (AvgIpc) is 3.86. The molecule has 5 amide bonds. The van der Waals surface area contributed by atoms with Crippen molar-refractivity contribution in [1.29, 1.82) is 0 Å². The van der Waals surface area contributed by atoms with Crippen LogP contribution in [0.15, 0.2) is 43.5 Å². The Morgan fingerprint density at radius 1 is 1.14 bits per heavy atom. The number of ether oxygens (including phenoxy) is 1. The lowest BCUT2D eigenvalue weighted by Gasteiger charge is -2.26. The topological polar surface area (TPSA) is 171 Å². The van der Waals surface area contributed by atoms with E-state index in [0.717, 1.165) is 11.0 Å². The molecular weight excluding hydrogens is 585 g/mol. The van der Waals surface area contributed by atoms with E-state index in [4.69, 9.17) is 4.74 Å². The maximum atomic E-state index is 14.2. The zero-order valence-electron chi connectivity index (χ0n) is 23.2. The number of fused-ring (bicyclic) bond motifs is 1. The van der Waals surface area contributed by atoms with Crippen molar-refractivity contribution in [1.82, 2.24) is 25.2 Å². The van der Waals surface area contributed by atoms with Crippen LogP contribution in [0.2, 0.25) is 0 Å². The van der Waals surface area contributed by atoms with Gasteiger partial charge in [-0.3, -0.25) is 28.8 Å². The number of amides is 5. The van der Waals surface area contributed by atoms with Gasteiger partial charge in [0, 0.05) is 24.4 Å². The molecule has 15 heteroatoms. The Kier molecular flexibility index (Phi) is 8.03. The highest BCUT2D eigenvalue weighted by Gasteiger charge is 2.62. The van der Waals surface area contributed by atoms with Crippen LogP contribution in [0.25, 0.3) is 0 Å². The molecule has 3 N–H and O–H groups in total. The Balaban J connectivity index is 1.29. The summed E-state index contributed by atoms with van der Waals surface area (Å²) in [7, 11) is -3.89. The highest BCUT2D eigenvalue weighted by atomic mass is 32.2. The molecular formula is C28H32FN5O8S. The highest BCUT2D eigenvalue weighted by Crippen LogP contribution is 2.45. The van der Waals surface area contributed by atoms with Gasteiger partial charge in [0.05, 0.1) is 24.9 Å². The third-order valence-corrected chi connectivity index (χ3v) is 10.0. The summed E-state index contributed by atoms with van der Waals surface area (Å²) >= 11 is 0. The van der Waals surface area contributed by atoms with Gasteiger partial charge in [-0.2, -0.15) is 0 Å².